The largest absolute Gasteiger partial charge is 0.253 e. The second-order valence-corrected chi connectivity index (χ2v) is 6.05. The van der Waals surface area contributed by atoms with E-state index in [-0.39, 0.29) is 11.7 Å². The quantitative estimate of drug-likeness (QED) is 0.717. The van der Waals surface area contributed by atoms with E-state index in [0.717, 1.165) is 36.5 Å². The second kappa shape index (κ2) is 5.74. The first-order valence-electron chi connectivity index (χ1n) is 7.51. The summed E-state index contributed by atoms with van der Waals surface area (Å²) in [4.78, 5) is 8.91. The summed E-state index contributed by atoms with van der Waals surface area (Å²) in [5.74, 6) is 1.49. The highest BCUT2D eigenvalue weighted by Gasteiger charge is 2.25. The summed E-state index contributed by atoms with van der Waals surface area (Å²) in [6.45, 7) is 0.771. The molecule has 0 amide bonds. The number of rotatable bonds is 2. The van der Waals surface area contributed by atoms with E-state index in [1.54, 1.807) is 12.3 Å². The van der Waals surface area contributed by atoms with Gasteiger partial charge in [0.25, 0.3) is 0 Å². The van der Waals surface area contributed by atoms with Crippen LogP contribution in [-0.4, -0.2) is 19.7 Å². The van der Waals surface area contributed by atoms with Crippen LogP contribution in [0.3, 0.4) is 0 Å². The highest BCUT2D eigenvalue weighted by molar-refractivity contribution is 6.31. The number of benzene rings is 1. The molecule has 1 aliphatic heterocycles. The monoisotopic (exact) mass is 328 g/mol. The lowest BCUT2D eigenvalue weighted by atomic mass is 9.90. The van der Waals surface area contributed by atoms with Gasteiger partial charge >= 0.3 is 0 Å². The number of fused-ring (bicyclic) bond motifs is 1. The molecule has 0 fully saturated rings. The van der Waals surface area contributed by atoms with Crippen molar-refractivity contribution in [3.8, 4) is 11.5 Å². The Balaban J connectivity index is 1.63. The lowest BCUT2D eigenvalue weighted by Crippen LogP contribution is -2.19. The molecule has 3 heterocycles. The summed E-state index contributed by atoms with van der Waals surface area (Å²) in [7, 11) is 0. The summed E-state index contributed by atoms with van der Waals surface area (Å²) in [5.41, 5.74) is 1.74. The highest BCUT2D eigenvalue weighted by Crippen LogP contribution is 2.33. The van der Waals surface area contributed by atoms with Gasteiger partial charge in [0, 0.05) is 24.2 Å². The molecule has 0 radical (unpaired) electrons. The molecule has 1 unspecified atom stereocenters. The van der Waals surface area contributed by atoms with Gasteiger partial charge in [-0.15, -0.1) is 5.10 Å². The van der Waals surface area contributed by atoms with Gasteiger partial charge in [-0.2, -0.15) is 0 Å². The number of pyridine rings is 1. The predicted octanol–water partition coefficient (Wildman–Crippen LogP) is 3.86. The lowest BCUT2D eigenvalue weighted by molar-refractivity contribution is 0.434. The van der Waals surface area contributed by atoms with E-state index in [1.807, 2.05) is 22.9 Å². The van der Waals surface area contributed by atoms with E-state index < -0.39 is 0 Å². The molecule has 23 heavy (non-hydrogen) atoms. The number of aromatic nitrogens is 4. The van der Waals surface area contributed by atoms with Crippen molar-refractivity contribution in [1.82, 2.24) is 19.7 Å². The molecule has 6 heteroatoms. The maximum absolute atomic E-state index is 13.2. The number of hydrogen-bond donors (Lipinski definition) is 0. The van der Waals surface area contributed by atoms with E-state index in [4.69, 9.17) is 11.6 Å². The smallest absolute Gasteiger partial charge is 0.200 e. The summed E-state index contributed by atoms with van der Waals surface area (Å²) in [5, 5.41) is 5.02. The zero-order valence-electron chi connectivity index (χ0n) is 12.3. The van der Waals surface area contributed by atoms with E-state index >= 15 is 0 Å². The molecule has 3 aromatic rings. The van der Waals surface area contributed by atoms with Crippen LogP contribution in [0.15, 0.2) is 42.6 Å². The molecule has 1 atom stereocenters. The van der Waals surface area contributed by atoms with Gasteiger partial charge in [-0.1, -0.05) is 23.7 Å². The number of aryl methyl sites for hydroxylation is 1. The molecule has 0 saturated carbocycles. The summed E-state index contributed by atoms with van der Waals surface area (Å²) in [6.07, 6.45) is 3.38. The first-order chi connectivity index (χ1) is 11.2. The Hall–Kier alpha value is -2.27. The minimum atomic E-state index is -0.310. The molecule has 116 valence electrons. The van der Waals surface area contributed by atoms with Crippen molar-refractivity contribution in [3.05, 3.63) is 64.8 Å². The van der Waals surface area contributed by atoms with Gasteiger partial charge in [0.1, 0.15) is 17.3 Å². The Kier molecular flexibility index (Phi) is 3.58. The number of halogens is 2. The Morgan fingerprint density at radius 2 is 2.13 bits per heavy atom. The van der Waals surface area contributed by atoms with Crippen LogP contribution in [0.4, 0.5) is 4.39 Å². The van der Waals surface area contributed by atoms with E-state index in [2.05, 4.69) is 15.1 Å². The van der Waals surface area contributed by atoms with E-state index in [1.165, 1.54) is 12.1 Å². The third kappa shape index (κ3) is 2.72. The van der Waals surface area contributed by atoms with Crippen LogP contribution in [0.2, 0.25) is 5.02 Å². The molecule has 4 nitrogen and oxygen atoms in total. The van der Waals surface area contributed by atoms with Crippen molar-refractivity contribution in [2.75, 3.05) is 0 Å². The van der Waals surface area contributed by atoms with Crippen LogP contribution in [-0.2, 0) is 13.0 Å². The summed E-state index contributed by atoms with van der Waals surface area (Å²) in [6, 6.07) is 10.3. The van der Waals surface area contributed by atoms with Crippen LogP contribution in [0.5, 0.6) is 0 Å². The van der Waals surface area contributed by atoms with Crippen molar-refractivity contribution < 1.29 is 4.39 Å². The fourth-order valence-corrected chi connectivity index (χ4v) is 3.33. The Morgan fingerprint density at radius 1 is 1.22 bits per heavy atom. The third-order valence-corrected chi connectivity index (χ3v) is 4.49. The fourth-order valence-electron chi connectivity index (χ4n) is 3.01. The van der Waals surface area contributed by atoms with Crippen LogP contribution in [0.25, 0.3) is 11.5 Å². The SMILES string of the molecule is Fc1ccc(C2CCn3nc(-c4ccccn4)nc3C2)c(Cl)c1. The summed E-state index contributed by atoms with van der Waals surface area (Å²) >= 11 is 6.20. The van der Waals surface area contributed by atoms with E-state index in [0.29, 0.717) is 10.8 Å². The fraction of sp³-hybridized carbons (Fsp3) is 0.235. The van der Waals surface area contributed by atoms with Gasteiger partial charge in [-0.25, -0.2) is 14.1 Å². The molecular formula is C17H14ClFN4. The van der Waals surface area contributed by atoms with Gasteiger partial charge in [0.15, 0.2) is 5.82 Å². The minimum Gasteiger partial charge on any atom is -0.253 e. The Bertz CT molecular complexity index is 847. The minimum absolute atomic E-state index is 0.233. The van der Waals surface area contributed by atoms with Crippen LogP contribution < -0.4 is 0 Å². The molecule has 0 aliphatic carbocycles. The zero-order chi connectivity index (χ0) is 15.8. The lowest BCUT2D eigenvalue weighted by Gasteiger charge is -2.23. The topological polar surface area (TPSA) is 43.6 Å². The van der Waals surface area contributed by atoms with Crippen molar-refractivity contribution in [1.29, 1.82) is 0 Å². The average Bonchev–Trinajstić information content (AvgIpc) is 2.99. The van der Waals surface area contributed by atoms with E-state index in [9.17, 15) is 4.39 Å². The molecule has 0 bridgehead atoms. The normalized spacial score (nSPS) is 17.0. The van der Waals surface area contributed by atoms with Gasteiger partial charge < -0.3 is 0 Å². The van der Waals surface area contributed by atoms with Crippen LogP contribution >= 0.6 is 11.6 Å². The highest BCUT2D eigenvalue weighted by atomic mass is 35.5. The van der Waals surface area contributed by atoms with Gasteiger partial charge in [-0.3, -0.25) is 4.98 Å². The zero-order valence-corrected chi connectivity index (χ0v) is 13.0. The Morgan fingerprint density at radius 3 is 2.91 bits per heavy atom. The van der Waals surface area contributed by atoms with Gasteiger partial charge in [0.2, 0.25) is 0 Å². The predicted molar refractivity (Wildman–Crippen MR) is 85.7 cm³/mol. The molecule has 0 saturated heterocycles. The molecule has 1 aliphatic rings. The molecular weight excluding hydrogens is 315 g/mol. The number of hydrogen-bond acceptors (Lipinski definition) is 3. The molecule has 1 aromatic carbocycles. The third-order valence-electron chi connectivity index (χ3n) is 4.16. The van der Waals surface area contributed by atoms with Crippen molar-refractivity contribution in [3.63, 3.8) is 0 Å². The maximum atomic E-state index is 13.2. The van der Waals surface area contributed by atoms with Gasteiger partial charge in [-0.05, 0) is 42.2 Å². The van der Waals surface area contributed by atoms with Crippen LogP contribution in [0, 0.1) is 5.82 Å². The molecule has 0 spiro atoms. The van der Waals surface area contributed by atoms with Crippen molar-refractivity contribution in [2.45, 2.75) is 25.3 Å². The van der Waals surface area contributed by atoms with Crippen molar-refractivity contribution >= 4 is 11.6 Å². The maximum Gasteiger partial charge on any atom is 0.200 e. The standard InChI is InChI=1S/C17H14ClFN4/c18-14-10-12(19)4-5-13(14)11-6-8-23-16(9-11)21-17(22-23)15-3-1-2-7-20-15/h1-5,7,10-11H,6,8-9H2. The molecule has 4 rings (SSSR count). The van der Waals surface area contributed by atoms with Gasteiger partial charge in [0.05, 0.1) is 0 Å². The molecule has 2 aromatic heterocycles. The first-order valence-corrected chi connectivity index (χ1v) is 7.88. The van der Waals surface area contributed by atoms with Crippen LogP contribution in [0.1, 0.15) is 23.7 Å². The molecule has 0 N–H and O–H groups in total. The first kappa shape index (κ1) is 14.3. The number of nitrogens with zero attached hydrogens (tertiary/aromatic N) is 4. The second-order valence-electron chi connectivity index (χ2n) is 5.65. The summed E-state index contributed by atoms with van der Waals surface area (Å²) < 4.78 is 15.2. The van der Waals surface area contributed by atoms with Crippen molar-refractivity contribution in [2.24, 2.45) is 0 Å². The Labute approximate surface area is 138 Å². The average molecular weight is 329 g/mol.